The lowest BCUT2D eigenvalue weighted by Gasteiger charge is -2.28. The van der Waals surface area contributed by atoms with Gasteiger partial charge in [-0.25, -0.2) is 0 Å². The van der Waals surface area contributed by atoms with Crippen molar-refractivity contribution in [2.45, 2.75) is 38.5 Å². The van der Waals surface area contributed by atoms with Gasteiger partial charge >= 0.3 is 0 Å². The first-order chi connectivity index (χ1) is 41.6. The summed E-state index contributed by atoms with van der Waals surface area (Å²) in [6.45, 7) is 9.46. The molecule has 0 atom stereocenters. The summed E-state index contributed by atoms with van der Waals surface area (Å²) in [5, 5.41) is 6.22. The molecule has 0 saturated carbocycles. The maximum absolute atomic E-state index is 3.95. The van der Waals surface area contributed by atoms with Crippen LogP contribution in [0.1, 0.15) is 49.9 Å². The van der Waals surface area contributed by atoms with Gasteiger partial charge in [-0.3, -0.25) is 0 Å². The van der Waals surface area contributed by atoms with E-state index < -0.39 is 0 Å². The predicted octanol–water partition coefficient (Wildman–Crippen LogP) is 22.2. The van der Waals surface area contributed by atoms with Gasteiger partial charge in [-0.15, -0.1) is 0 Å². The second kappa shape index (κ2) is 18.5. The number of halogens is 1. The maximum Gasteiger partial charge on any atom is 0.0780 e. The van der Waals surface area contributed by atoms with Crippen LogP contribution in [0.4, 0.5) is 17.1 Å². The van der Waals surface area contributed by atoms with Crippen LogP contribution in [-0.2, 0) is 10.8 Å². The first-order valence-electron chi connectivity index (χ1n) is 29.5. The van der Waals surface area contributed by atoms with E-state index in [9.17, 15) is 0 Å². The molecule has 404 valence electrons. The van der Waals surface area contributed by atoms with Gasteiger partial charge < -0.3 is 19.0 Å². The number of nitrogens with zero attached hydrogens (tertiary/aromatic N) is 3. The minimum atomic E-state index is -0.144. The van der Waals surface area contributed by atoms with Crippen molar-refractivity contribution < 1.29 is 0 Å². The van der Waals surface area contributed by atoms with Crippen LogP contribution < -0.4 is 4.90 Å². The van der Waals surface area contributed by atoms with Crippen LogP contribution in [0.2, 0.25) is 0 Å². The van der Waals surface area contributed by atoms with Gasteiger partial charge in [-0.2, -0.15) is 0 Å². The van der Waals surface area contributed by atoms with Gasteiger partial charge in [-0.05, 0) is 176 Å². The Bertz CT molecular complexity index is 5230. The lowest BCUT2D eigenvalue weighted by Crippen LogP contribution is -2.16. The molecule has 12 aromatic carbocycles. The van der Waals surface area contributed by atoms with Crippen molar-refractivity contribution in [2.24, 2.45) is 0 Å². The second-order valence-corrected chi connectivity index (χ2v) is 25.2. The molecule has 0 amide bonds. The third-order valence-corrected chi connectivity index (χ3v) is 19.4. The van der Waals surface area contributed by atoms with Gasteiger partial charge in [0, 0.05) is 81.8 Å². The largest absolute Gasteiger partial charge is 0.353 e. The summed E-state index contributed by atoms with van der Waals surface area (Å²) in [5.74, 6) is 0. The molecule has 2 aliphatic rings. The smallest absolute Gasteiger partial charge is 0.0780 e. The SMILES string of the molecule is CC1(C)c2ccccc2-c2ccc(N(c3ccc(Br)cc3)c3ccc(-c4cccc(-c5ccc(-n6c7ccccc7c7cc(-c8ccc9[nH]c%10c(ccc%11c%12c(n(-c%13ccccc%13)c%11%10)-c%10ccccc%10C%12(C)C)c9c8)ccc76)cc5)c4)cc3)cc21. The fourth-order valence-electron chi connectivity index (χ4n) is 14.8. The number of fused-ring (bicyclic) bond motifs is 15. The molecule has 0 aliphatic heterocycles. The van der Waals surface area contributed by atoms with E-state index in [4.69, 9.17) is 0 Å². The standard InChI is InChI=1S/C80H57BrN4/c1-79(2)69-22-11-8-19-61(69)62-40-39-60(48-71(62)79)83(58-37-31-55(81)32-38-58)57-33-25-49(26-34-57)51-15-14-16-52(45-51)50-27-35-59(36-28-50)84-73-24-13-10-20-63(73)68-47-54(30-44-74(68)84)53-29-43-72-67(46-53)64-41-42-66-75-77(65-21-9-12-23-70(65)80(75,3)4)85(78(66)76(64)82-72)56-17-6-5-7-18-56/h5-48,82H,1-4H3. The van der Waals surface area contributed by atoms with E-state index in [1.54, 1.807) is 0 Å². The molecule has 5 heteroatoms. The minimum absolute atomic E-state index is 0.0996. The molecule has 85 heavy (non-hydrogen) atoms. The topological polar surface area (TPSA) is 28.9 Å². The van der Waals surface area contributed by atoms with E-state index in [0.29, 0.717) is 0 Å². The molecular weight excluding hydrogens is 1100 g/mol. The summed E-state index contributed by atoms with van der Waals surface area (Å²) in [6.07, 6.45) is 0. The summed E-state index contributed by atoms with van der Waals surface area (Å²) < 4.78 is 5.99. The molecule has 0 bridgehead atoms. The molecule has 1 N–H and O–H groups in total. The Kier molecular flexibility index (Phi) is 10.8. The number of aromatic amines is 1. The number of hydrogen-bond acceptors (Lipinski definition) is 1. The lowest BCUT2D eigenvalue weighted by atomic mass is 9.81. The number of anilines is 3. The molecular formula is C80H57BrN4. The number of aromatic nitrogens is 3. The van der Waals surface area contributed by atoms with E-state index in [0.717, 1.165) is 32.7 Å². The van der Waals surface area contributed by atoms with Crippen LogP contribution in [0.5, 0.6) is 0 Å². The first kappa shape index (κ1) is 49.7. The van der Waals surface area contributed by atoms with Crippen molar-refractivity contribution >= 4 is 87.5 Å². The zero-order valence-corrected chi connectivity index (χ0v) is 49.2. The summed E-state index contributed by atoms with van der Waals surface area (Å²) in [5.41, 5.74) is 29.2. The number of rotatable bonds is 8. The van der Waals surface area contributed by atoms with Crippen molar-refractivity contribution in [3.8, 4) is 67.1 Å². The highest BCUT2D eigenvalue weighted by molar-refractivity contribution is 9.10. The van der Waals surface area contributed by atoms with Crippen molar-refractivity contribution in [2.75, 3.05) is 4.90 Å². The Hall–Kier alpha value is -9.94. The number of para-hydroxylation sites is 2. The van der Waals surface area contributed by atoms with E-state index >= 15 is 0 Å². The molecule has 0 saturated heterocycles. The predicted molar refractivity (Wildman–Crippen MR) is 361 cm³/mol. The van der Waals surface area contributed by atoms with Crippen LogP contribution in [0.25, 0.3) is 122 Å². The highest BCUT2D eigenvalue weighted by atomic mass is 79.9. The quantitative estimate of drug-likeness (QED) is 0.161. The Morgan fingerprint density at radius 1 is 0.353 bits per heavy atom. The van der Waals surface area contributed by atoms with Crippen molar-refractivity contribution in [3.63, 3.8) is 0 Å². The molecule has 2 aliphatic carbocycles. The Morgan fingerprint density at radius 3 is 1.66 bits per heavy atom. The summed E-state index contributed by atoms with van der Waals surface area (Å²) >= 11 is 3.68. The fraction of sp³-hybridized carbons (Fsp3) is 0.0750. The molecule has 0 spiro atoms. The number of benzene rings is 12. The molecule has 3 aromatic heterocycles. The van der Waals surface area contributed by atoms with Crippen LogP contribution >= 0.6 is 15.9 Å². The van der Waals surface area contributed by atoms with Gasteiger partial charge in [0.1, 0.15) is 0 Å². The van der Waals surface area contributed by atoms with Gasteiger partial charge in [0.25, 0.3) is 0 Å². The molecule has 0 radical (unpaired) electrons. The lowest BCUT2D eigenvalue weighted by molar-refractivity contribution is 0.660. The van der Waals surface area contributed by atoms with Gasteiger partial charge in [0.05, 0.1) is 27.8 Å². The van der Waals surface area contributed by atoms with E-state index in [2.05, 4.69) is 330 Å². The van der Waals surface area contributed by atoms with Crippen molar-refractivity contribution in [1.82, 2.24) is 14.1 Å². The molecule has 17 rings (SSSR count). The Balaban J connectivity index is 0.688. The van der Waals surface area contributed by atoms with Gasteiger partial charge in [-0.1, -0.05) is 201 Å². The van der Waals surface area contributed by atoms with Crippen molar-refractivity contribution in [3.05, 3.63) is 294 Å². The van der Waals surface area contributed by atoms with Gasteiger partial charge in [0.15, 0.2) is 0 Å². The monoisotopic (exact) mass is 1150 g/mol. The molecule has 4 nitrogen and oxygen atoms in total. The summed E-state index contributed by atoms with van der Waals surface area (Å²) in [4.78, 5) is 6.32. The van der Waals surface area contributed by atoms with Gasteiger partial charge in [0.2, 0.25) is 0 Å². The van der Waals surface area contributed by atoms with E-state index in [1.807, 2.05) is 0 Å². The van der Waals surface area contributed by atoms with E-state index in [-0.39, 0.29) is 10.8 Å². The summed E-state index contributed by atoms with van der Waals surface area (Å²) in [7, 11) is 0. The Labute approximate surface area is 502 Å². The third kappa shape index (κ3) is 7.46. The van der Waals surface area contributed by atoms with Crippen LogP contribution in [0.3, 0.4) is 0 Å². The maximum atomic E-state index is 3.95. The number of nitrogens with one attached hydrogen (secondary N) is 1. The molecule has 0 unspecified atom stereocenters. The molecule has 0 fully saturated rings. The zero-order chi connectivity index (χ0) is 56.9. The van der Waals surface area contributed by atoms with Crippen LogP contribution in [-0.4, -0.2) is 14.1 Å². The van der Waals surface area contributed by atoms with Crippen molar-refractivity contribution in [1.29, 1.82) is 0 Å². The average Bonchev–Trinajstić information content (AvgIpc) is 1.56. The Morgan fingerprint density at radius 2 is 0.906 bits per heavy atom. The van der Waals surface area contributed by atoms with Crippen LogP contribution in [0.15, 0.2) is 271 Å². The second-order valence-electron chi connectivity index (χ2n) is 24.3. The third-order valence-electron chi connectivity index (χ3n) is 18.9. The average molecular weight is 1150 g/mol. The highest BCUT2D eigenvalue weighted by Crippen LogP contribution is 2.55. The number of H-pyrrole nitrogens is 1. The van der Waals surface area contributed by atoms with Crippen LogP contribution in [0, 0.1) is 0 Å². The minimum Gasteiger partial charge on any atom is -0.353 e. The number of hydrogen-bond donors (Lipinski definition) is 1. The highest BCUT2D eigenvalue weighted by Gasteiger charge is 2.41. The van der Waals surface area contributed by atoms with E-state index in [1.165, 1.54) is 133 Å². The fourth-order valence-corrected chi connectivity index (χ4v) is 15.1. The molecule has 3 heterocycles. The summed E-state index contributed by atoms with van der Waals surface area (Å²) in [6, 6.07) is 98.9. The molecule has 15 aromatic rings. The zero-order valence-electron chi connectivity index (χ0n) is 47.6. The normalized spacial score (nSPS) is 13.7. The first-order valence-corrected chi connectivity index (χ1v) is 30.3.